The van der Waals surface area contributed by atoms with E-state index in [1.54, 1.807) is 18.2 Å². The Hall–Kier alpha value is -2.09. The molecule has 1 rings (SSSR count). The van der Waals surface area contributed by atoms with Gasteiger partial charge in [0, 0.05) is 11.3 Å². The molecular formula is C16H21NO. The largest absolute Gasteiger partial charge is 0.322 e. The number of allylic oxidation sites excluding steroid dienone is 4. The van der Waals surface area contributed by atoms with Crippen LogP contribution in [0.3, 0.4) is 0 Å². The molecule has 0 spiro atoms. The molecule has 1 aromatic rings. The monoisotopic (exact) mass is 243 g/mol. The number of hydrogen-bond donors (Lipinski definition) is 1. The number of rotatable bonds is 4. The molecule has 2 nitrogen and oxygen atoms in total. The van der Waals surface area contributed by atoms with Gasteiger partial charge in [0.15, 0.2) is 0 Å². The van der Waals surface area contributed by atoms with E-state index in [1.165, 1.54) is 0 Å². The molecular weight excluding hydrogens is 222 g/mol. The molecule has 0 aliphatic heterocycles. The quantitative estimate of drug-likeness (QED) is 0.795. The molecule has 0 bridgehead atoms. The Morgan fingerprint density at radius 3 is 2.39 bits per heavy atom. The van der Waals surface area contributed by atoms with Crippen LogP contribution in [-0.4, -0.2) is 5.91 Å². The molecule has 96 valence electrons. The summed E-state index contributed by atoms with van der Waals surface area (Å²) >= 11 is 0. The Labute approximate surface area is 110 Å². The second-order valence-electron chi connectivity index (χ2n) is 3.66. The minimum atomic E-state index is -0.105. The third-order valence-electron chi connectivity index (χ3n) is 2.29. The van der Waals surface area contributed by atoms with Gasteiger partial charge >= 0.3 is 0 Å². The van der Waals surface area contributed by atoms with E-state index >= 15 is 0 Å². The lowest BCUT2D eigenvalue weighted by Crippen LogP contribution is -2.21. The van der Waals surface area contributed by atoms with Crippen LogP contribution in [0.4, 0.5) is 0 Å². The van der Waals surface area contributed by atoms with Gasteiger partial charge in [-0.1, -0.05) is 49.9 Å². The fraction of sp³-hybridized carbons (Fsp3) is 0.188. The Morgan fingerprint density at radius 2 is 1.89 bits per heavy atom. The Morgan fingerprint density at radius 1 is 1.28 bits per heavy atom. The van der Waals surface area contributed by atoms with Crippen LogP contribution >= 0.6 is 0 Å². The van der Waals surface area contributed by atoms with Gasteiger partial charge < -0.3 is 5.32 Å². The first-order valence-electron chi connectivity index (χ1n) is 5.51. The molecule has 18 heavy (non-hydrogen) atoms. The van der Waals surface area contributed by atoms with Crippen LogP contribution in [0.5, 0.6) is 0 Å². The average Bonchev–Trinajstić information content (AvgIpc) is 2.35. The lowest BCUT2D eigenvalue weighted by Gasteiger charge is -2.05. The zero-order chi connectivity index (χ0) is 12.7. The molecule has 0 aromatic heterocycles. The van der Waals surface area contributed by atoms with Gasteiger partial charge in [-0.05, 0) is 32.1 Å². The van der Waals surface area contributed by atoms with Gasteiger partial charge in [0.05, 0.1) is 0 Å². The second-order valence-corrected chi connectivity index (χ2v) is 3.66. The van der Waals surface area contributed by atoms with Crippen molar-refractivity contribution in [3.8, 4) is 0 Å². The van der Waals surface area contributed by atoms with Crippen molar-refractivity contribution < 1.29 is 4.79 Å². The fourth-order valence-electron chi connectivity index (χ4n) is 1.29. The minimum Gasteiger partial charge on any atom is -0.322 e. The molecule has 1 amide bonds. The van der Waals surface area contributed by atoms with E-state index in [-0.39, 0.29) is 13.3 Å². The molecule has 1 N–H and O–H groups in total. The number of carbonyl (C=O) groups excluding carboxylic acids is 1. The highest BCUT2D eigenvalue weighted by Crippen LogP contribution is 2.04. The van der Waals surface area contributed by atoms with Gasteiger partial charge in [-0.3, -0.25) is 4.79 Å². The van der Waals surface area contributed by atoms with E-state index < -0.39 is 0 Å². The first kappa shape index (κ1) is 15.9. The van der Waals surface area contributed by atoms with E-state index in [1.807, 2.05) is 44.2 Å². The van der Waals surface area contributed by atoms with Crippen LogP contribution in [0.2, 0.25) is 0 Å². The van der Waals surface area contributed by atoms with E-state index in [0.29, 0.717) is 5.56 Å². The standard InChI is InChI=1S/C15H17NO.CH4/c1-4-6-7-14(5-2)16-15(17)13-10-8-12(3)9-11-13;/h4-11H,1H2,2-3H3,(H,16,17);1H4/b7-6-,14-5+;. The highest BCUT2D eigenvalue weighted by Gasteiger charge is 2.04. The Kier molecular flexibility index (Phi) is 7.13. The topological polar surface area (TPSA) is 29.1 Å². The molecule has 0 unspecified atom stereocenters. The van der Waals surface area contributed by atoms with Gasteiger partial charge in [-0.25, -0.2) is 0 Å². The average molecular weight is 243 g/mol. The van der Waals surface area contributed by atoms with Crippen LogP contribution in [0.15, 0.2) is 60.8 Å². The van der Waals surface area contributed by atoms with Crippen molar-refractivity contribution in [3.63, 3.8) is 0 Å². The predicted octanol–water partition coefficient (Wildman–Crippen LogP) is 4.01. The predicted molar refractivity (Wildman–Crippen MR) is 78.5 cm³/mol. The maximum atomic E-state index is 11.9. The molecule has 0 radical (unpaired) electrons. The van der Waals surface area contributed by atoms with Gasteiger partial charge in [-0.2, -0.15) is 0 Å². The first-order valence-corrected chi connectivity index (χ1v) is 5.51. The lowest BCUT2D eigenvalue weighted by atomic mass is 10.1. The Bertz CT molecular complexity index is 452. The normalized spacial score (nSPS) is 10.9. The molecule has 1 aromatic carbocycles. The van der Waals surface area contributed by atoms with Gasteiger partial charge in [0.25, 0.3) is 5.91 Å². The maximum absolute atomic E-state index is 11.9. The summed E-state index contributed by atoms with van der Waals surface area (Å²) in [5, 5.41) is 2.82. The summed E-state index contributed by atoms with van der Waals surface area (Å²) in [6.07, 6.45) is 7.09. The zero-order valence-corrected chi connectivity index (χ0v) is 10.2. The van der Waals surface area contributed by atoms with Crippen LogP contribution in [-0.2, 0) is 0 Å². The van der Waals surface area contributed by atoms with E-state index in [9.17, 15) is 4.79 Å². The summed E-state index contributed by atoms with van der Waals surface area (Å²) in [6.45, 7) is 7.45. The van der Waals surface area contributed by atoms with Crippen molar-refractivity contribution in [3.05, 3.63) is 72.0 Å². The van der Waals surface area contributed by atoms with Crippen molar-refractivity contribution in [1.29, 1.82) is 0 Å². The highest BCUT2D eigenvalue weighted by atomic mass is 16.1. The highest BCUT2D eigenvalue weighted by molar-refractivity contribution is 5.95. The second kappa shape index (κ2) is 8.07. The number of hydrogen-bond acceptors (Lipinski definition) is 1. The van der Waals surface area contributed by atoms with Crippen LogP contribution < -0.4 is 5.32 Å². The van der Waals surface area contributed by atoms with Gasteiger partial charge in [0.1, 0.15) is 0 Å². The lowest BCUT2D eigenvalue weighted by molar-refractivity contribution is 0.0967. The maximum Gasteiger partial charge on any atom is 0.255 e. The molecule has 0 aliphatic rings. The number of carbonyl (C=O) groups is 1. The third kappa shape index (κ3) is 4.83. The summed E-state index contributed by atoms with van der Waals surface area (Å²) in [5.74, 6) is -0.105. The zero-order valence-electron chi connectivity index (χ0n) is 10.2. The van der Waals surface area contributed by atoms with E-state index in [2.05, 4.69) is 11.9 Å². The van der Waals surface area contributed by atoms with Gasteiger partial charge in [-0.15, -0.1) is 0 Å². The smallest absolute Gasteiger partial charge is 0.255 e. The summed E-state index contributed by atoms with van der Waals surface area (Å²) in [4.78, 5) is 11.9. The molecule has 0 heterocycles. The summed E-state index contributed by atoms with van der Waals surface area (Å²) < 4.78 is 0. The molecule has 0 fully saturated rings. The van der Waals surface area contributed by atoms with Crippen LogP contribution in [0.1, 0.15) is 30.3 Å². The first-order chi connectivity index (χ1) is 8.17. The summed E-state index contributed by atoms with van der Waals surface area (Å²) in [5.41, 5.74) is 2.55. The van der Waals surface area contributed by atoms with Crippen molar-refractivity contribution >= 4 is 5.91 Å². The number of aryl methyl sites for hydroxylation is 1. The van der Waals surface area contributed by atoms with E-state index in [4.69, 9.17) is 0 Å². The van der Waals surface area contributed by atoms with Gasteiger partial charge in [0.2, 0.25) is 0 Å². The third-order valence-corrected chi connectivity index (χ3v) is 2.29. The Balaban J connectivity index is 0.00000289. The molecule has 0 atom stereocenters. The molecule has 0 saturated heterocycles. The van der Waals surface area contributed by atoms with Crippen molar-refractivity contribution in [2.75, 3.05) is 0 Å². The minimum absolute atomic E-state index is 0. The SMILES string of the molecule is C.C=C/C=C\C(=C/C)NC(=O)c1ccc(C)cc1. The molecule has 0 saturated carbocycles. The molecule has 2 heteroatoms. The number of nitrogens with one attached hydrogen (secondary N) is 1. The van der Waals surface area contributed by atoms with Crippen LogP contribution in [0.25, 0.3) is 0 Å². The molecule has 0 aliphatic carbocycles. The van der Waals surface area contributed by atoms with Crippen molar-refractivity contribution in [1.82, 2.24) is 5.32 Å². The summed E-state index contributed by atoms with van der Waals surface area (Å²) in [6, 6.07) is 7.47. The fourth-order valence-corrected chi connectivity index (χ4v) is 1.29. The number of amides is 1. The van der Waals surface area contributed by atoms with E-state index in [0.717, 1.165) is 11.3 Å². The van der Waals surface area contributed by atoms with Crippen molar-refractivity contribution in [2.45, 2.75) is 21.3 Å². The number of benzene rings is 1. The van der Waals surface area contributed by atoms with Crippen molar-refractivity contribution in [2.24, 2.45) is 0 Å². The summed E-state index contributed by atoms with van der Waals surface area (Å²) in [7, 11) is 0. The van der Waals surface area contributed by atoms with Crippen LogP contribution in [0, 0.1) is 6.92 Å².